The molecular weight excluding hydrogens is 374 g/mol. The lowest BCUT2D eigenvalue weighted by atomic mass is 9.72. The van der Waals surface area contributed by atoms with Crippen LogP contribution in [0.3, 0.4) is 0 Å². The Hall–Kier alpha value is -2.07. The first-order valence-corrected chi connectivity index (χ1v) is 11.4. The lowest BCUT2D eigenvalue weighted by Crippen LogP contribution is -2.30. The highest BCUT2D eigenvalue weighted by Gasteiger charge is 2.30. The molecule has 0 bridgehead atoms. The normalized spacial score (nSPS) is 25.5. The molecule has 1 saturated carbocycles. The van der Waals surface area contributed by atoms with E-state index in [4.69, 9.17) is 4.74 Å². The van der Waals surface area contributed by atoms with Crippen molar-refractivity contribution in [2.75, 3.05) is 13.1 Å². The van der Waals surface area contributed by atoms with Crippen LogP contribution in [0, 0.1) is 17.3 Å². The van der Waals surface area contributed by atoms with Crippen molar-refractivity contribution in [2.45, 2.75) is 65.5 Å². The zero-order chi connectivity index (χ0) is 21.3. The van der Waals surface area contributed by atoms with E-state index in [2.05, 4.69) is 62.1 Å². The van der Waals surface area contributed by atoms with Crippen LogP contribution >= 0.6 is 0 Å². The summed E-state index contributed by atoms with van der Waals surface area (Å²) in [5.74, 6) is 0.881. The molecule has 2 aliphatic rings. The molecule has 2 aromatic carbocycles. The van der Waals surface area contributed by atoms with Crippen LogP contribution in [0.1, 0.15) is 58.4 Å². The van der Waals surface area contributed by atoms with E-state index in [1.165, 1.54) is 29.2 Å². The standard InChI is InChI=1S/C26H35NO3/c1-26(2,3)22-7-10-23(11-8-22)30-24-9-6-19-14-18(4-5-20(19)15-24)16-27-13-12-21(17-27)25(28)29/h4-6,9,14-15,21-23H,7-8,10-13,16-17H2,1-3H3,(H,28,29). The molecule has 1 heterocycles. The third-order valence-corrected chi connectivity index (χ3v) is 7.11. The number of rotatable bonds is 5. The summed E-state index contributed by atoms with van der Waals surface area (Å²) < 4.78 is 6.33. The van der Waals surface area contributed by atoms with Gasteiger partial charge in [0.1, 0.15) is 5.75 Å². The fourth-order valence-electron chi connectivity index (χ4n) is 5.12. The minimum atomic E-state index is -0.671. The molecule has 1 atom stereocenters. The van der Waals surface area contributed by atoms with E-state index in [0.717, 1.165) is 44.0 Å². The van der Waals surface area contributed by atoms with Crippen molar-refractivity contribution < 1.29 is 14.6 Å². The van der Waals surface area contributed by atoms with E-state index in [1.807, 2.05) is 0 Å². The van der Waals surface area contributed by atoms with Crippen LogP contribution in [0.15, 0.2) is 36.4 Å². The van der Waals surface area contributed by atoms with E-state index >= 15 is 0 Å². The van der Waals surface area contributed by atoms with Crippen molar-refractivity contribution in [2.24, 2.45) is 17.3 Å². The van der Waals surface area contributed by atoms with Gasteiger partial charge >= 0.3 is 5.97 Å². The molecule has 0 amide bonds. The van der Waals surface area contributed by atoms with Gasteiger partial charge in [0.05, 0.1) is 12.0 Å². The van der Waals surface area contributed by atoms with Gasteiger partial charge in [-0.1, -0.05) is 39.0 Å². The molecule has 0 aromatic heterocycles. The SMILES string of the molecule is CC(C)(C)C1CCC(Oc2ccc3cc(CN4CCC(C(=O)O)C4)ccc3c2)CC1. The van der Waals surface area contributed by atoms with Crippen molar-refractivity contribution in [1.29, 1.82) is 0 Å². The first-order chi connectivity index (χ1) is 14.3. The van der Waals surface area contributed by atoms with E-state index in [-0.39, 0.29) is 5.92 Å². The first-order valence-electron chi connectivity index (χ1n) is 11.4. The molecule has 0 radical (unpaired) electrons. The molecule has 30 heavy (non-hydrogen) atoms. The molecule has 1 N–H and O–H groups in total. The van der Waals surface area contributed by atoms with Gasteiger partial charge in [-0.15, -0.1) is 0 Å². The molecule has 4 rings (SSSR count). The fourth-order valence-corrected chi connectivity index (χ4v) is 5.12. The Kier molecular flexibility index (Phi) is 6.06. The second-order valence-electron chi connectivity index (χ2n) is 10.4. The summed E-state index contributed by atoms with van der Waals surface area (Å²) in [4.78, 5) is 13.4. The Bertz CT molecular complexity index is 893. The number of benzene rings is 2. The highest BCUT2D eigenvalue weighted by Crippen LogP contribution is 2.39. The topological polar surface area (TPSA) is 49.8 Å². The summed E-state index contributed by atoms with van der Waals surface area (Å²) in [6.07, 6.45) is 5.88. The van der Waals surface area contributed by atoms with Crippen LogP contribution in [0.4, 0.5) is 0 Å². The van der Waals surface area contributed by atoms with E-state index in [1.54, 1.807) is 0 Å². The molecule has 4 nitrogen and oxygen atoms in total. The molecule has 1 saturated heterocycles. The third kappa shape index (κ3) is 4.97. The number of carbonyl (C=O) groups is 1. The van der Waals surface area contributed by atoms with Crippen molar-refractivity contribution in [1.82, 2.24) is 4.90 Å². The fraction of sp³-hybridized carbons (Fsp3) is 0.577. The zero-order valence-electron chi connectivity index (χ0n) is 18.6. The minimum absolute atomic E-state index is 0.219. The number of carboxylic acids is 1. The third-order valence-electron chi connectivity index (χ3n) is 7.11. The number of hydrogen-bond donors (Lipinski definition) is 1. The largest absolute Gasteiger partial charge is 0.490 e. The van der Waals surface area contributed by atoms with Gasteiger partial charge in [-0.05, 0) is 84.5 Å². The van der Waals surface area contributed by atoms with E-state index < -0.39 is 5.97 Å². The number of fused-ring (bicyclic) bond motifs is 1. The average molecular weight is 410 g/mol. The number of likely N-dealkylation sites (tertiary alicyclic amines) is 1. The van der Waals surface area contributed by atoms with Gasteiger partial charge in [0.25, 0.3) is 0 Å². The van der Waals surface area contributed by atoms with Gasteiger partial charge in [0, 0.05) is 13.1 Å². The molecule has 4 heteroatoms. The van der Waals surface area contributed by atoms with Crippen LogP contribution in [0.25, 0.3) is 10.8 Å². The van der Waals surface area contributed by atoms with E-state index in [9.17, 15) is 9.90 Å². The van der Waals surface area contributed by atoms with Crippen molar-refractivity contribution >= 4 is 16.7 Å². The summed E-state index contributed by atoms with van der Waals surface area (Å²) in [5, 5.41) is 11.6. The Morgan fingerprint density at radius 2 is 1.73 bits per heavy atom. The Morgan fingerprint density at radius 1 is 1.03 bits per heavy atom. The van der Waals surface area contributed by atoms with Gasteiger partial charge in [0.2, 0.25) is 0 Å². The molecule has 1 aliphatic carbocycles. The lowest BCUT2D eigenvalue weighted by Gasteiger charge is -2.37. The quantitative estimate of drug-likeness (QED) is 0.685. The van der Waals surface area contributed by atoms with Crippen LogP contribution in [-0.2, 0) is 11.3 Å². The maximum Gasteiger partial charge on any atom is 0.307 e. The molecule has 2 fully saturated rings. The summed E-state index contributed by atoms with van der Waals surface area (Å²) in [6.45, 7) is 9.38. The Labute approximate surface area is 180 Å². The predicted octanol–water partition coefficient (Wildman–Crippen LogP) is 5.73. The zero-order valence-corrected chi connectivity index (χ0v) is 18.6. The molecule has 1 unspecified atom stereocenters. The maximum atomic E-state index is 11.2. The lowest BCUT2D eigenvalue weighted by molar-refractivity contribution is -0.141. The summed E-state index contributed by atoms with van der Waals surface area (Å²) in [6, 6.07) is 13.0. The summed E-state index contributed by atoms with van der Waals surface area (Å²) in [7, 11) is 0. The van der Waals surface area contributed by atoms with Crippen molar-refractivity contribution in [3.8, 4) is 5.75 Å². The number of carboxylic acid groups (broad SMARTS) is 1. The van der Waals surface area contributed by atoms with Crippen molar-refractivity contribution in [3.05, 3.63) is 42.0 Å². The molecule has 0 spiro atoms. The van der Waals surface area contributed by atoms with Crippen LogP contribution < -0.4 is 4.74 Å². The summed E-state index contributed by atoms with van der Waals surface area (Å²) >= 11 is 0. The van der Waals surface area contributed by atoms with Crippen molar-refractivity contribution in [3.63, 3.8) is 0 Å². The van der Waals surface area contributed by atoms with Gasteiger partial charge in [-0.3, -0.25) is 9.69 Å². The minimum Gasteiger partial charge on any atom is -0.490 e. The average Bonchev–Trinajstić information content (AvgIpc) is 3.17. The highest BCUT2D eigenvalue weighted by molar-refractivity contribution is 5.84. The van der Waals surface area contributed by atoms with E-state index in [0.29, 0.717) is 18.1 Å². The monoisotopic (exact) mass is 409 g/mol. The smallest absolute Gasteiger partial charge is 0.307 e. The Morgan fingerprint density at radius 3 is 2.40 bits per heavy atom. The number of ether oxygens (including phenoxy) is 1. The molecule has 2 aromatic rings. The number of hydrogen-bond acceptors (Lipinski definition) is 3. The molecule has 162 valence electrons. The van der Waals surface area contributed by atoms with Gasteiger partial charge in [-0.2, -0.15) is 0 Å². The van der Waals surface area contributed by atoms with Gasteiger partial charge in [-0.25, -0.2) is 0 Å². The second-order valence-corrected chi connectivity index (χ2v) is 10.4. The maximum absolute atomic E-state index is 11.2. The highest BCUT2D eigenvalue weighted by atomic mass is 16.5. The molecule has 1 aliphatic heterocycles. The van der Waals surface area contributed by atoms with Gasteiger partial charge < -0.3 is 9.84 Å². The van der Waals surface area contributed by atoms with Crippen LogP contribution in [0.5, 0.6) is 5.75 Å². The predicted molar refractivity (Wildman–Crippen MR) is 121 cm³/mol. The second kappa shape index (κ2) is 8.58. The van der Waals surface area contributed by atoms with Crippen LogP contribution in [-0.4, -0.2) is 35.2 Å². The van der Waals surface area contributed by atoms with Gasteiger partial charge in [0.15, 0.2) is 0 Å². The number of nitrogens with zero attached hydrogens (tertiary/aromatic N) is 1. The Balaban J connectivity index is 1.36. The number of aliphatic carboxylic acids is 1. The molecular formula is C26H35NO3. The first kappa shape index (κ1) is 21.2. The van der Waals surface area contributed by atoms with Crippen LogP contribution in [0.2, 0.25) is 0 Å². The summed E-state index contributed by atoms with van der Waals surface area (Å²) in [5.41, 5.74) is 1.64.